The van der Waals surface area contributed by atoms with Crippen molar-refractivity contribution in [2.45, 2.75) is 58.5 Å². The van der Waals surface area contributed by atoms with Gasteiger partial charge in [0.2, 0.25) is 0 Å². The second-order valence-corrected chi connectivity index (χ2v) is 6.47. The zero-order valence-corrected chi connectivity index (χ0v) is 17.9. The molecular weight excluding hydrogens is 429 g/mol. The molecule has 6 heteroatoms. The molecule has 25 heavy (non-hydrogen) atoms. The van der Waals surface area contributed by atoms with Crippen LogP contribution in [0.4, 0.5) is 0 Å². The molecular formula is C19H32IN3O2. The number of guanidine groups is 1. The lowest BCUT2D eigenvalue weighted by Gasteiger charge is -2.30. The van der Waals surface area contributed by atoms with Crippen molar-refractivity contribution in [3.63, 3.8) is 0 Å². The highest BCUT2D eigenvalue weighted by Gasteiger charge is 2.21. The van der Waals surface area contributed by atoms with Gasteiger partial charge in [0.1, 0.15) is 11.5 Å². The molecule has 2 unspecified atom stereocenters. The van der Waals surface area contributed by atoms with Crippen molar-refractivity contribution in [3.8, 4) is 11.5 Å². The Labute approximate surface area is 168 Å². The Morgan fingerprint density at radius 1 is 1.32 bits per heavy atom. The Morgan fingerprint density at radius 2 is 2.12 bits per heavy atom. The molecule has 2 atom stereocenters. The van der Waals surface area contributed by atoms with Crippen LogP contribution in [0.2, 0.25) is 0 Å². The Morgan fingerprint density at radius 3 is 2.80 bits per heavy atom. The summed E-state index contributed by atoms with van der Waals surface area (Å²) in [6, 6.07) is 5.71. The van der Waals surface area contributed by atoms with Crippen molar-refractivity contribution in [1.29, 1.82) is 0 Å². The molecule has 2 rings (SSSR count). The summed E-state index contributed by atoms with van der Waals surface area (Å²) < 4.78 is 5.22. The summed E-state index contributed by atoms with van der Waals surface area (Å²) in [6.45, 7) is 5.58. The first kappa shape index (κ1) is 21.9. The average molecular weight is 461 g/mol. The molecule has 1 aliphatic rings. The lowest BCUT2D eigenvalue weighted by molar-refractivity contribution is 0.298. The van der Waals surface area contributed by atoms with Gasteiger partial charge < -0.3 is 20.5 Å². The molecule has 0 aliphatic heterocycles. The van der Waals surface area contributed by atoms with Crippen LogP contribution in [-0.4, -0.2) is 30.8 Å². The van der Waals surface area contributed by atoms with Crippen molar-refractivity contribution >= 4 is 29.9 Å². The highest BCUT2D eigenvalue weighted by Crippen LogP contribution is 2.26. The maximum Gasteiger partial charge on any atom is 0.191 e. The number of nitrogens with one attached hydrogen (secondary N) is 2. The number of hydrogen-bond donors (Lipinski definition) is 3. The number of rotatable bonds is 6. The van der Waals surface area contributed by atoms with Crippen LogP contribution >= 0.6 is 24.0 Å². The predicted molar refractivity (Wildman–Crippen MR) is 114 cm³/mol. The van der Waals surface area contributed by atoms with Crippen molar-refractivity contribution in [3.05, 3.63) is 23.8 Å². The molecule has 1 saturated carbocycles. The number of hydrogen-bond acceptors (Lipinski definition) is 3. The molecule has 5 nitrogen and oxygen atoms in total. The van der Waals surface area contributed by atoms with Gasteiger partial charge in [0.25, 0.3) is 0 Å². The van der Waals surface area contributed by atoms with Crippen LogP contribution in [0.3, 0.4) is 0 Å². The number of phenolic OH excluding ortho intramolecular Hbond substituents is 1. The number of methoxy groups -OCH3 is 1. The van der Waals surface area contributed by atoms with E-state index < -0.39 is 0 Å². The average Bonchev–Trinajstić information content (AvgIpc) is 2.61. The van der Waals surface area contributed by atoms with E-state index in [4.69, 9.17) is 4.74 Å². The molecule has 0 heterocycles. The lowest BCUT2D eigenvalue weighted by atomic mass is 9.84. The van der Waals surface area contributed by atoms with Gasteiger partial charge in [0, 0.05) is 18.2 Å². The lowest BCUT2D eigenvalue weighted by Crippen LogP contribution is -2.45. The smallest absolute Gasteiger partial charge is 0.191 e. The van der Waals surface area contributed by atoms with Gasteiger partial charge >= 0.3 is 0 Å². The summed E-state index contributed by atoms with van der Waals surface area (Å²) >= 11 is 0. The minimum atomic E-state index is 0. The van der Waals surface area contributed by atoms with Crippen LogP contribution in [0.25, 0.3) is 0 Å². The Hall–Kier alpha value is -1.18. The SMILES string of the molecule is CCNC(=NCc1cc(OC)ccc1O)NC1CCCC(CC)C1.I. The second kappa shape index (κ2) is 11.4. The Kier molecular flexibility index (Phi) is 10.0. The van der Waals surface area contributed by atoms with Crippen molar-refractivity contribution < 1.29 is 9.84 Å². The van der Waals surface area contributed by atoms with Gasteiger partial charge in [-0.2, -0.15) is 0 Å². The van der Waals surface area contributed by atoms with Gasteiger partial charge in [-0.3, -0.25) is 0 Å². The molecule has 0 amide bonds. The predicted octanol–water partition coefficient (Wildman–Crippen LogP) is 4.04. The van der Waals surface area contributed by atoms with Gasteiger partial charge in [-0.1, -0.05) is 26.2 Å². The molecule has 142 valence electrons. The molecule has 1 aromatic carbocycles. The molecule has 0 spiro atoms. The summed E-state index contributed by atoms with van der Waals surface area (Å²) in [5.41, 5.74) is 0.765. The van der Waals surface area contributed by atoms with Crippen LogP contribution < -0.4 is 15.4 Å². The summed E-state index contributed by atoms with van der Waals surface area (Å²) in [5, 5.41) is 16.9. The standard InChI is InChI=1S/C19H31N3O2.HI/c1-4-14-7-6-8-16(11-14)22-19(20-5-2)21-13-15-12-17(24-3)9-10-18(15)23;/h9-10,12,14,16,23H,4-8,11,13H2,1-3H3,(H2,20,21,22);1H. The first-order valence-electron chi connectivity index (χ1n) is 9.07. The maximum atomic E-state index is 10.00. The normalized spacial score (nSPS) is 20.5. The zero-order valence-electron chi connectivity index (χ0n) is 15.5. The highest BCUT2D eigenvalue weighted by molar-refractivity contribution is 14.0. The molecule has 0 radical (unpaired) electrons. The van der Waals surface area contributed by atoms with Crippen LogP contribution in [0.5, 0.6) is 11.5 Å². The van der Waals surface area contributed by atoms with Gasteiger partial charge in [-0.15, -0.1) is 24.0 Å². The minimum absolute atomic E-state index is 0. The van der Waals surface area contributed by atoms with E-state index in [9.17, 15) is 5.11 Å². The van der Waals surface area contributed by atoms with E-state index in [1.807, 2.05) is 6.07 Å². The molecule has 1 aromatic rings. The summed E-state index contributed by atoms with van der Waals surface area (Å²) in [7, 11) is 1.62. The molecule has 0 bridgehead atoms. The first-order valence-corrected chi connectivity index (χ1v) is 9.07. The zero-order chi connectivity index (χ0) is 17.4. The molecule has 3 N–H and O–H groups in total. The van der Waals surface area contributed by atoms with E-state index in [1.54, 1.807) is 19.2 Å². The number of aromatic hydroxyl groups is 1. The maximum absolute atomic E-state index is 10.00. The second-order valence-electron chi connectivity index (χ2n) is 6.47. The monoisotopic (exact) mass is 461 g/mol. The number of aliphatic imine (C=N–C) groups is 1. The molecule has 1 fully saturated rings. The topological polar surface area (TPSA) is 65.9 Å². The minimum Gasteiger partial charge on any atom is -0.508 e. The number of halogens is 1. The summed E-state index contributed by atoms with van der Waals surface area (Å²) in [4.78, 5) is 4.64. The third kappa shape index (κ3) is 6.92. The van der Waals surface area contributed by atoms with Gasteiger partial charge in [-0.05, 0) is 43.9 Å². The van der Waals surface area contributed by atoms with Crippen LogP contribution in [0.15, 0.2) is 23.2 Å². The van der Waals surface area contributed by atoms with Gasteiger partial charge in [0.15, 0.2) is 5.96 Å². The molecule has 0 saturated heterocycles. The van der Waals surface area contributed by atoms with Gasteiger partial charge in [-0.25, -0.2) is 4.99 Å². The van der Waals surface area contributed by atoms with E-state index in [1.165, 1.54) is 32.1 Å². The van der Waals surface area contributed by atoms with Gasteiger partial charge in [0.05, 0.1) is 13.7 Å². The number of nitrogens with zero attached hydrogens (tertiary/aromatic N) is 1. The van der Waals surface area contributed by atoms with E-state index in [2.05, 4.69) is 29.5 Å². The fourth-order valence-corrected chi connectivity index (χ4v) is 3.29. The van der Waals surface area contributed by atoms with E-state index in [-0.39, 0.29) is 29.7 Å². The number of ether oxygens (including phenoxy) is 1. The fourth-order valence-electron chi connectivity index (χ4n) is 3.29. The number of phenols is 1. The van der Waals surface area contributed by atoms with Crippen LogP contribution in [0.1, 0.15) is 51.5 Å². The van der Waals surface area contributed by atoms with Crippen molar-refractivity contribution in [2.24, 2.45) is 10.9 Å². The van der Waals surface area contributed by atoms with Crippen molar-refractivity contribution in [1.82, 2.24) is 10.6 Å². The van der Waals surface area contributed by atoms with Crippen LogP contribution in [-0.2, 0) is 6.54 Å². The highest BCUT2D eigenvalue weighted by atomic mass is 127. The van der Waals surface area contributed by atoms with Crippen molar-refractivity contribution in [2.75, 3.05) is 13.7 Å². The van der Waals surface area contributed by atoms with E-state index in [0.29, 0.717) is 12.6 Å². The van der Waals surface area contributed by atoms with Crippen LogP contribution in [0, 0.1) is 5.92 Å². The molecule has 0 aromatic heterocycles. The first-order chi connectivity index (χ1) is 11.7. The largest absolute Gasteiger partial charge is 0.508 e. The third-order valence-corrected chi connectivity index (χ3v) is 4.74. The molecule has 1 aliphatic carbocycles. The summed E-state index contributed by atoms with van der Waals surface area (Å²) in [5.74, 6) is 2.62. The quantitative estimate of drug-likeness (QED) is 0.340. The Balaban J connectivity index is 0.00000312. The third-order valence-electron chi connectivity index (χ3n) is 4.74. The van der Waals surface area contributed by atoms with E-state index >= 15 is 0 Å². The number of benzene rings is 1. The fraction of sp³-hybridized carbons (Fsp3) is 0.632. The summed E-state index contributed by atoms with van der Waals surface area (Å²) in [6.07, 6.45) is 6.30. The van der Waals surface area contributed by atoms with E-state index in [0.717, 1.165) is 29.7 Å². The Bertz CT molecular complexity index is 551.